The summed E-state index contributed by atoms with van der Waals surface area (Å²) in [6, 6.07) is 0.370. The van der Waals surface area contributed by atoms with Crippen LogP contribution < -0.4 is 5.32 Å². The summed E-state index contributed by atoms with van der Waals surface area (Å²) in [6.07, 6.45) is 1.52. The molecule has 0 bridgehead atoms. The molecule has 11 heteroatoms. The maximum absolute atomic E-state index is 12.5. The van der Waals surface area contributed by atoms with Crippen LogP contribution in [0.25, 0.3) is 0 Å². The lowest BCUT2D eigenvalue weighted by molar-refractivity contribution is -0.192. The highest BCUT2D eigenvalue weighted by Crippen LogP contribution is 2.34. The van der Waals surface area contributed by atoms with Gasteiger partial charge in [0.25, 0.3) is 0 Å². The van der Waals surface area contributed by atoms with Crippen molar-refractivity contribution in [3.8, 4) is 0 Å². The number of amides is 1. The van der Waals surface area contributed by atoms with E-state index in [1.165, 1.54) is 18.4 Å². The standard InChI is InChI=1S/C19H29N3O3.C2HF3O2/c1-12-16(13(2)25-21-12)10-22-8-7-14-9-17(24-18(14)11-22)19(23)20-15-5-3-4-6-15;3-2(4,5)1(6)7/h14-15,17-18H,3-11H2,1-2H3,(H,20,23);(H,6,7)/t14-,17-,18-;/m0./s1. The fourth-order valence-corrected chi connectivity index (χ4v) is 4.62. The highest BCUT2D eigenvalue weighted by Gasteiger charge is 2.42. The highest BCUT2D eigenvalue weighted by atomic mass is 19.4. The SMILES string of the molecule is Cc1noc(C)c1CN1CC[C@H]2C[C@@H](C(=O)NC3CCCC3)O[C@H]2C1.O=C(O)C(F)(F)F. The number of aliphatic carboxylic acids is 1. The Morgan fingerprint density at radius 2 is 1.88 bits per heavy atom. The molecule has 2 aliphatic heterocycles. The van der Waals surface area contributed by atoms with Gasteiger partial charge in [0.2, 0.25) is 5.91 Å². The Morgan fingerprint density at radius 1 is 1.22 bits per heavy atom. The number of carboxylic acids is 1. The van der Waals surface area contributed by atoms with Crippen LogP contribution in [0.3, 0.4) is 0 Å². The number of nitrogens with one attached hydrogen (secondary N) is 1. The number of hydrogen-bond donors (Lipinski definition) is 2. The van der Waals surface area contributed by atoms with Crippen LogP contribution in [0.4, 0.5) is 13.2 Å². The van der Waals surface area contributed by atoms with Crippen molar-refractivity contribution in [3.05, 3.63) is 17.0 Å². The Kier molecular flexibility index (Phi) is 7.81. The summed E-state index contributed by atoms with van der Waals surface area (Å²) < 4.78 is 43.2. The van der Waals surface area contributed by atoms with E-state index in [0.717, 1.165) is 56.8 Å². The lowest BCUT2D eigenvalue weighted by Gasteiger charge is -2.33. The second kappa shape index (κ2) is 10.2. The molecule has 8 nitrogen and oxygen atoms in total. The zero-order valence-electron chi connectivity index (χ0n) is 18.3. The van der Waals surface area contributed by atoms with Crippen molar-refractivity contribution < 1.29 is 37.1 Å². The van der Waals surface area contributed by atoms with Crippen LogP contribution in [0.15, 0.2) is 4.52 Å². The number of carbonyl (C=O) groups excluding carboxylic acids is 1. The van der Waals surface area contributed by atoms with Crippen molar-refractivity contribution in [3.63, 3.8) is 0 Å². The van der Waals surface area contributed by atoms with Crippen LogP contribution in [-0.2, 0) is 20.9 Å². The zero-order valence-corrected chi connectivity index (χ0v) is 18.3. The molecule has 180 valence electrons. The molecule has 1 aromatic rings. The van der Waals surface area contributed by atoms with Gasteiger partial charge in [0.1, 0.15) is 11.9 Å². The smallest absolute Gasteiger partial charge is 0.475 e. The number of likely N-dealkylation sites (tertiary alicyclic amines) is 1. The molecular weight excluding hydrogens is 431 g/mol. The van der Waals surface area contributed by atoms with Crippen molar-refractivity contribution in [2.24, 2.45) is 5.92 Å². The normalized spacial score (nSPS) is 26.3. The summed E-state index contributed by atoms with van der Waals surface area (Å²) in [7, 11) is 0. The summed E-state index contributed by atoms with van der Waals surface area (Å²) in [5.41, 5.74) is 2.16. The van der Waals surface area contributed by atoms with Crippen molar-refractivity contribution in [1.29, 1.82) is 0 Å². The van der Waals surface area contributed by atoms with E-state index in [1.54, 1.807) is 0 Å². The zero-order chi connectivity index (χ0) is 23.5. The molecule has 32 heavy (non-hydrogen) atoms. The summed E-state index contributed by atoms with van der Waals surface area (Å²) in [4.78, 5) is 23.8. The van der Waals surface area contributed by atoms with Gasteiger partial charge < -0.3 is 19.7 Å². The molecule has 1 saturated carbocycles. The summed E-state index contributed by atoms with van der Waals surface area (Å²) in [5, 5.41) is 14.4. The average Bonchev–Trinajstić information content (AvgIpc) is 3.44. The molecule has 0 spiro atoms. The van der Waals surface area contributed by atoms with Gasteiger partial charge >= 0.3 is 12.1 Å². The van der Waals surface area contributed by atoms with Crippen LogP contribution >= 0.6 is 0 Å². The third-order valence-electron chi connectivity index (χ3n) is 6.44. The van der Waals surface area contributed by atoms with Crippen LogP contribution in [0.1, 0.15) is 55.5 Å². The number of alkyl halides is 3. The number of aromatic nitrogens is 1. The minimum Gasteiger partial charge on any atom is -0.475 e. The number of halogens is 3. The fourth-order valence-electron chi connectivity index (χ4n) is 4.62. The minimum atomic E-state index is -5.08. The molecule has 0 unspecified atom stereocenters. The largest absolute Gasteiger partial charge is 0.490 e. The second-order valence-electron chi connectivity index (χ2n) is 8.78. The number of nitrogens with zero attached hydrogens (tertiary/aromatic N) is 2. The first-order valence-corrected chi connectivity index (χ1v) is 10.9. The van der Waals surface area contributed by atoms with Gasteiger partial charge in [0.05, 0.1) is 11.8 Å². The third kappa shape index (κ3) is 6.22. The van der Waals surface area contributed by atoms with Crippen molar-refractivity contribution >= 4 is 11.9 Å². The second-order valence-corrected chi connectivity index (χ2v) is 8.78. The molecule has 3 aliphatic rings. The van der Waals surface area contributed by atoms with Gasteiger partial charge in [0, 0.05) is 24.7 Å². The molecule has 4 rings (SSSR count). The van der Waals surface area contributed by atoms with E-state index in [0.29, 0.717) is 12.0 Å². The quantitative estimate of drug-likeness (QED) is 0.710. The molecule has 1 amide bonds. The minimum absolute atomic E-state index is 0.110. The van der Waals surface area contributed by atoms with E-state index < -0.39 is 12.1 Å². The van der Waals surface area contributed by atoms with Gasteiger partial charge in [-0.2, -0.15) is 13.2 Å². The molecule has 0 radical (unpaired) electrons. The van der Waals surface area contributed by atoms with Crippen LogP contribution in [0, 0.1) is 19.8 Å². The number of carbonyl (C=O) groups is 2. The van der Waals surface area contributed by atoms with E-state index in [-0.39, 0.29) is 18.1 Å². The van der Waals surface area contributed by atoms with E-state index >= 15 is 0 Å². The third-order valence-corrected chi connectivity index (χ3v) is 6.44. The molecule has 2 N–H and O–H groups in total. The van der Waals surface area contributed by atoms with E-state index in [2.05, 4.69) is 15.4 Å². The summed E-state index contributed by atoms with van der Waals surface area (Å²) in [6.45, 7) is 6.76. The maximum Gasteiger partial charge on any atom is 0.490 e. The number of rotatable bonds is 4. The predicted molar refractivity (Wildman–Crippen MR) is 107 cm³/mol. The van der Waals surface area contributed by atoms with Gasteiger partial charge in [-0.05, 0) is 52.0 Å². The Morgan fingerprint density at radius 3 is 2.44 bits per heavy atom. The Labute approximate surface area is 184 Å². The number of hydrogen-bond acceptors (Lipinski definition) is 6. The average molecular weight is 461 g/mol. The molecule has 3 atom stereocenters. The first kappa shape index (κ1) is 24.5. The van der Waals surface area contributed by atoms with Gasteiger partial charge in [-0.25, -0.2) is 4.79 Å². The number of carboxylic acid groups (broad SMARTS) is 1. The first-order chi connectivity index (χ1) is 15.0. The maximum atomic E-state index is 12.5. The number of ether oxygens (including phenoxy) is 1. The van der Waals surface area contributed by atoms with Gasteiger partial charge in [-0.1, -0.05) is 18.0 Å². The molecule has 1 aromatic heterocycles. The Balaban J connectivity index is 0.000000360. The van der Waals surface area contributed by atoms with Gasteiger partial charge in [-0.15, -0.1) is 0 Å². The lowest BCUT2D eigenvalue weighted by Crippen LogP contribution is -2.42. The number of piperidine rings is 1. The predicted octanol–water partition coefficient (Wildman–Crippen LogP) is 2.96. The lowest BCUT2D eigenvalue weighted by atomic mass is 9.91. The molecule has 1 aliphatic carbocycles. The monoisotopic (exact) mass is 461 g/mol. The van der Waals surface area contributed by atoms with Crippen molar-refractivity contribution in [1.82, 2.24) is 15.4 Å². The summed E-state index contributed by atoms with van der Waals surface area (Å²) >= 11 is 0. The molecular formula is C21H30F3N3O5. The highest BCUT2D eigenvalue weighted by molar-refractivity contribution is 5.81. The molecule has 0 aromatic carbocycles. The number of aryl methyl sites for hydroxylation is 2. The van der Waals surface area contributed by atoms with E-state index in [9.17, 15) is 18.0 Å². The molecule has 3 fully saturated rings. The fraction of sp³-hybridized carbons (Fsp3) is 0.762. The topological polar surface area (TPSA) is 105 Å². The van der Waals surface area contributed by atoms with Crippen LogP contribution in [0.2, 0.25) is 0 Å². The van der Waals surface area contributed by atoms with Crippen LogP contribution in [-0.4, -0.2) is 64.6 Å². The summed E-state index contributed by atoms with van der Waals surface area (Å²) in [5.74, 6) is -1.23. The molecule has 3 heterocycles. The van der Waals surface area contributed by atoms with Crippen molar-refractivity contribution in [2.45, 2.75) is 83.3 Å². The van der Waals surface area contributed by atoms with Crippen molar-refractivity contribution in [2.75, 3.05) is 13.1 Å². The Hall–Kier alpha value is -2.14. The number of fused-ring (bicyclic) bond motifs is 1. The van der Waals surface area contributed by atoms with E-state index in [4.69, 9.17) is 19.2 Å². The van der Waals surface area contributed by atoms with Crippen LogP contribution in [0.5, 0.6) is 0 Å². The Bertz CT molecular complexity index is 788. The molecule has 2 saturated heterocycles. The van der Waals surface area contributed by atoms with Gasteiger partial charge in [0.15, 0.2) is 0 Å². The van der Waals surface area contributed by atoms with Gasteiger partial charge in [-0.3, -0.25) is 9.69 Å². The van der Waals surface area contributed by atoms with E-state index in [1.807, 2.05) is 13.8 Å². The first-order valence-electron chi connectivity index (χ1n) is 10.9.